The lowest BCUT2D eigenvalue weighted by atomic mass is 9.98. The molecule has 1 fully saturated rings. The Morgan fingerprint density at radius 3 is 2.71 bits per heavy atom. The molecule has 1 aromatic carbocycles. The lowest BCUT2D eigenvalue weighted by molar-refractivity contribution is -0.136. The van der Waals surface area contributed by atoms with Crippen LogP contribution in [0, 0.1) is 5.92 Å². The van der Waals surface area contributed by atoms with Gasteiger partial charge < -0.3 is 15.2 Å². The van der Waals surface area contributed by atoms with E-state index in [4.69, 9.17) is 15.2 Å². The Labute approximate surface area is 126 Å². The number of rotatable bonds is 6. The molecule has 1 heterocycles. The van der Waals surface area contributed by atoms with E-state index < -0.39 is 0 Å². The van der Waals surface area contributed by atoms with Gasteiger partial charge in [0.1, 0.15) is 11.5 Å². The van der Waals surface area contributed by atoms with Gasteiger partial charge in [-0.25, -0.2) is 0 Å². The molecule has 116 valence electrons. The zero-order valence-corrected chi connectivity index (χ0v) is 12.6. The molecule has 1 aromatic rings. The minimum absolute atomic E-state index is 0.225. The molecule has 0 aliphatic carbocycles. The number of likely N-dealkylation sites (tertiary alicyclic amines) is 1. The summed E-state index contributed by atoms with van der Waals surface area (Å²) < 4.78 is 10.7. The van der Waals surface area contributed by atoms with Crippen LogP contribution in [0.1, 0.15) is 19.8 Å². The van der Waals surface area contributed by atoms with Gasteiger partial charge in [0.25, 0.3) is 0 Å². The van der Waals surface area contributed by atoms with Gasteiger partial charge in [0.05, 0.1) is 13.2 Å². The van der Waals surface area contributed by atoms with Crippen molar-refractivity contribution in [3.05, 3.63) is 24.3 Å². The normalized spacial score (nSPS) is 19.2. The third-order valence-electron chi connectivity index (χ3n) is 3.66. The number of hydrogen-bond donors (Lipinski definition) is 1. The monoisotopic (exact) mass is 292 g/mol. The van der Waals surface area contributed by atoms with E-state index in [-0.39, 0.29) is 5.97 Å². The van der Waals surface area contributed by atoms with Crippen molar-refractivity contribution in [2.45, 2.75) is 19.8 Å². The van der Waals surface area contributed by atoms with Gasteiger partial charge in [-0.05, 0) is 63.0 Å². The summed E-state index contributed by atoms with van der Waals surface area (Å²) in [7, 11) is 0. The first kappa shape index (κ1) is 15.8. The third-order valence-corrected chi connectivity index (χ3v) is 3.66. The average Bonchev–Trinajstić information content (AvgIpc) is 2.49. The van der Waals surface area contributed by atoms with Crippen LogP contribution in [0.15, 0.2) is 24.3 Å². The predicted molar refractivity (Wildman–Crippen MR) is 81.5 cm³/mol. The maximum Gasteiger partial charge on any atom is 0.325 e. The van der Waals surface area contributed by atoms with Crippen molar-refractivity contribution in [2.75, 3.05) is 32.8 Å². The van der Waals surface area contributed by atoms with Crippen LogP contribution in [0.25, 0.3) is 0 Å². The van der Waals surface area contributed by atoms with Crippen molar-refractivity contribution in [2.24, 2.45) is 11.7 Å². The molecular formula is C16H24N2O3. The molecule has 0 aromatic heterocycles. The Morgan fingerprint density at radius 1 is 1.33 bits per heavy atom. The molecule has 0 saturated carbocycles. The highest BCUT2D eigenvalue weighted by molar-refractivity contribution is 5.74. The van der Waals surface area contributed by atoms with E-state index in [0.717, 1.165) is 31.7 Å². The second-order valence-electron chi connectivity index (χ2n) is 5.36. The first-order valence-electron chi connectivity index (χ1n) is 7.57. The summed E-state index contributed by atoms with van der Waals surface area (Å²) in [5, 5.41) is 0. The van der Waals surface area contributed by atoms with E-state index >= 15 is 0 Å². The Bertz CT molecular complexity index is 447. The SMILES string of the molecule is CCOc1ccc(OC(=O)CN2CCCC(CN)C2)cc1. The molecule has 1 aliphatic heterocycles. The van der Waals surface area contributed by atoms with Gasteiger partial charge >= 0.3 is 5.97 Å². The van der Waals surface area contributed by atoms with Crippen molar-refractivity contribution in [3.8, 4) is 11.5 Å². The first-order valence-corrected chi connectivity index (χ1v) is 7.57. The molecule has 1 atom stereocenters. The summed E-state index contributed by atoms with van der Waals surface area (Å²) >= 11 is 0. The largest absolute Gasteiger partial charge is 0.494 e. The summed E-state index contributed by atoms with van der Waals surface area (Å²) in [6.45, 7) is 5.38. The molecule has 21 heavy (non-hydrogen) atoms. The number of nitrogens with two attached hydrogens (primary N) is 1. The quantitative estimate of drug-likeness (QED) is 0.638. The second kappa shape index (κ2) is 8.00. The van der Waals surface area contributed by atoms with Gasteiger partial charge in [0.15, 0.2) is 0 Å². The molecule has 0 bridgehead atoms. The number of nitrogens with zero attached hydrogens (tertiary/aromatic N) is 1. The van der Waals surface area contributed by atoms with Crippen LogP contribution < -0.4 is 15.2 Å². The van der Waals surface area contributed by atoms with Crippen molar-refractivity contribution in [1.29, 1.82) is 0 Å². The molecule has 5 heteroatoms. The molecule has 5 nitrogen and oxygen atoms in total. The van der Waals surface area contributed by atoms with Crippen LogP contribution in [0.2, 0.25) is 0 Å². The molecule has 1 unspecified atom stereocenters. The van der Waals surface area contributed by atoms with Crippen LogP contribution in [0.5, 0.6) is 11.5 Å². The van der Waals surface area contributed by atoms with Gasteiger partial charge in [0, 0.05) is 6.54 Å². The fourth-order valence-corrected chi connectivity index (χ4v) is 2.60. The van der Waals surface area contributed by atoms with Gasteiger partial charge in [-0.15, -0.1) is 0 Å². The maximum absolute atomic E-state index is 12.0. The highest BCUT2D eigenvalue weighted by Crippen LogP contribution is 2.18. The number of ether oxygens (including phenoxy) is 2. The van der Waals surface area contributed by atoms with Gasteiger partial charge in [-0.3, -0.25) is 9.69 Å². The number of hydrogen-bond acceptors (Lipinski definition) is 5. The van der Waals surface area contributed by atoms with E-state index in [1.54, 1.807) is 24.3 Å². The highest BCUT2D eigenvalue weighted by Gasteiger charge is 2.21. The number of piperidine rings is 1. The Hall–Kier alpha value is -1.59. The zero-order valence-electron chi connectivity index (χ0n) is 12.6. The molecule has 1 saturated heterocycles. The van der Waals surface area contributed by atoms with Crippen molar-refractivity contribution >= 4 is 5.97 Å². The summed E-state index contributed by atoms with van der Waals surface area (Å²) in [6, 6.07) is 7.11. The van der Waals surface area contributed by atoms with Crippen LogP contribution in [-0.2, 0) is 4.79 Å². The molecule has 1 aliphatic rings. The molecule has 2 N–H and O–H groups in total. The van der Waals surface area contributed by atoms with Crippen LogP contribution in [-0.4, -0.2) is 43.7 Å². The number of esters is 1. The number of carbonyl (C=O) groups is 1. The molecule has 0 radical (unpaired) electrons. The third kappa shape index (κ3) is 5.02. The lowest BCUT2D eigenvalue weighted by Crippen LogP contribution is -2.41. The minimum atomic E-state index is -0.225. The van der Waals surface area contributed by atoms with E-state index in [1.165, 1.54) is 0 Å². The van der Waals surface area contributed by atoms with Crippen LogP contribution in [0.4, 0.5) is 0 Å². The highest BCUT2D eigenvalue weighted by atomic mass is 16.5. The Balaban J connectivity index is 1.81. The number of benzene rings is 1. The van der Waals surface area contributed by atoms with E-state index in [1.807, 2.05) is 6.92 Å². The standard InChI is InChI=1S/C16H24N2O3/c1-2-20-14-5-7-15(8-6-14)21-16(19)12-18-9-3-4-13(10-17)11-18/h5-8,13H,2-4,9-12,17H2,1H3. The Morgan fingerprint density at radius 2 is 2.05 bits per heavy atom. The molecular weight excluding hydrogens is 268 g/mol. The average molecular weight is 292 g/mol. The Kier molecular flexibility index (Phi) is 6.02. The van der Waals surface area contributed by atoms with Gasteiger partial charge in [-0.1, -0.05) is 0 Å². The topological polar surface area (TPSA) is 64.8 Å². The second-order valence-corrected chi connectivity index (χ2v) is 5.36. The van der Waals surface area contributed by atoms with Crippen molar-refractivity contribution in [1.82, 2.24) is 4.90 Å². The summed E-state index contributed by atoms with van der Waals surface area (Å²) in [5.41, 5.74) is 5.70. The van der Waals surface area contributed by atoms with Crippen LogP contribution in [0.3, 0.4) is 0 Å². The molecule has 0 amide bonds. The van der Waals surface area contributed by atoms with E-state index in [2.05, 4.69) is 4.90 Å². The lowest BCUT2D eigenvalue weighted by Gasteiger charge is -2.31. The summed E-state index contributed by atoms with van der Waals surface area (Å²) in [4.78, 5) is 14.1. The first-order chi connectivity index (χ1) is 10.2. The van der Waals surface area contributed by atoms with E-state index in [9.17, 15) is 4.79 Å². The minimum Gasteiger partial charge on any atom is -0.494 e. The van der Waals surface area contributed by atoms with Gasteiger partial charge in [-0.2, -0.15) is 0 Å². The molecule has 2 rings (SSSR count). The van der Waals surface area contributed by atoms with Gasteiger partial charge in [0.2, 0.25) is 0 Å². The van der Waals surface area contributed by atoms with Crippen LogP contribution >= 0.6 is 0 Å². The van der Waals surface area contributed by atoms with Crippen molar-refractivity contribution in [3.63, 3.8) is 0 Å². The van der Waals surface area contributed by atoms with E-state index in [0.29, 0.717) is 31.4 Å². The fraction of sp³-hybridized carbons (Fsp3) is 0.562. The summed E-state index contributed by atoms with van der Waals surface area (Å²) in [5.74, 6) is 1.60. The number of carbonyl (C=O) groups excluding carboxylic acids is 1. The zero-order chi connectivity index (χ0) is 15.1. The maximum atomic E-state index is 12.0. The summed E-state index contributed by atoms with van der Waals surface area (Å²) in [6.07, 6.45) is 2.25. The smallest absolute Gasteiger partial charge is 0.325 e. The molecule has 0 spiro atoms. The fourth-order valence-electron chi connectivity index (χ4n) is 2.60. The predicted octanol–water partition coefficient (Wildman–Crippen LogP) is 1.66. The van der Waals surface area contributed by atoms with Crippen molar-refractivity contribution < 1.29 is 14.3 Å².